The van der Waals surface area contributed by atoms with Gasteiger partial charge in [0.05, 0.1) is 12.1 Å². The number of aromatic nitrogens is 1. The third kappa shape index (κ3) is 4.06. The van der Waals surface area contributed by atoms with Crippen LogP contribution in [0.4, 0.5) is 10.8 Å². The summed E-state index contributed by atoms with van der Waals surface area (Å²) >= 11 is 7.54. The molecule has 2 N–H and O–H groups in total. The zero-order valence-corrected chi connectivity index (χ0v) is 16.3. The summed E-state index contributed by atoms with van der Waals surface area (Å²) in [6, 6.07) is 11.8. The largest absolute Gasteiger partial charge is 0.481 e. The van der Waals surface area contributed by atoms with Crippen LogP contribution in [0.15, 0.2) is 36.4 Å². The van der Waals surface area contributed by atoms with Crippen molar-refractivity contribution in [3.05, 3.63) is 63.0 Å². The SMILES string of the molecule is Cc1ccc(C)c(-c2nc(Nc3ccc(C)c(Cl)c3)sc2CC(=O)O)c1. The van der Waals surface area contributed by atoms with Crippen LogP contribution >= 0.6 is 22.9 Å². The molecule has 0 bridgehead atoms. The zero-order valence-electron chi connectivity index (χ0n) is 14.8. The van der Waals surface area contributed by atoms with Gasteiger partial charge in [-0.05, 0) is 50.1 Å². The van der Waals surface area contributed by atoms with Gasteiger partial charge < -0.3 is 10.4 Å². The van der Waals surface area contributed by atoms with Crippen LogP contribution in [0.25, 0.3) is 11.3 Å². The Labute approximate surface area is 161 Å². The number of anilines is 2. The van der Waals surface area contributed by atoms with E-state index < -0.39 is 5.97 Å². The third-order valence-electron chi connectivity index (χ3n) is 4.08. The molecule has 0 atom stereocenters. The van der Waals surface area contributed by atoms with E-state index >= 15 is 0 Å². The lowest BCUT2D eigenvalue weighted by molar-refractivity contribution is -0.136. The van der Waals surface area contributed by atoms with Crippen molar-refractivity contribution < 1.29 is 9.90 Å². The van der Waals surface area contributed by atoms with E-state index in [2.05, 4.69) is 10.3 Å². The third-order valence-corrected chi connectivity index (χ3v) is 5.46. The number of benzene rings is 2. The molecule has 0 amide bonds. The van der Waals surface area contributed by atoms with E-state index in [4.69, 9.17) is 11.6 Å². The quantitative estimate of drug-likeness (QED) is 0.585. The molecular formula is C20H19ClN2O2S. The van der Waals surface area contributed by atoms with Crippen LogP contribution in [0, 0.1) is 20.8 Å². The number of hydrogen-bond acceptors (Lipinski definition) is 4. The van der Waals surface area contributed by atoms with Gasteiger partial charge in [-0.1, -0.05) is 35.4 Å². The molecular weight excluding hydrogens is 368 g/mol. The second kappa shape index (κ2) is 7.48. The summed E-state index contributed by atoms with van der Waals surface area (Å²) in [5, 5.41) is 13.8. The van der Waals surface area contributed by atoms with Crippen molar-refractivity contribution in [2.45, 2.75) is 27.2 Å². The van der Waals surface area contributed by atoms with E-state index in [9.17, 15) is 9.90 Å². The number of rotatable bonds is 5. The minimum absolute atomic E-state index is 0.0588. The molecule has 0 spiro atoms. The summed E-state index contributed by atoms with van der Waals surface area (Å²) in [7, 11) is 0. The smallest absolute Gasteiger partial charge is 0.308 e. The Morgan fingerprint density at radius 1 is 1.15 bits per heavy atom. The van der Waals surface area contributed by atoms with Gasteiger partial charge in [-0.25, -0.2) is 4.98 Å². The summed E-state index contributed by atoms with van der Waals surface area (Å²) in [5.41, 5.74) is 5.69. The van der Waals surface area contributed by atoms with Crippen LogP contribution < -0.4 is 5.32 Å². The van der Waals surface area contributed by atoms with Crippen molar-refractivity contribution in [2.75, 3.05) is 5.32 Å². The summed E-state index contributed by atoms with van der Waals surface area (Å²) in [6.45, 7) is 5.96. The molecule has 3 aromatic rings. The summed E-state index contributed by atoms with van der Waals surface area (Å²) in [5.74, 6) is -0.870. The number of aliphatic carboxylic acids is 1. The summed E-state index contributed by atoms with van der Waals surface area (Å²) in [4.78, 5) is 16.7. The van der Waals surface area contributed by atoms with Gasteiger partial charge in [0.15, 0.2) is 5.13 Å². The van der Waals surface area contributed by atoms with Crippen LogP contribution in [0.5, 0.6) is 0 Å². The van der Waals surface area contributed by atoms with Gasteiger partial charge in [-0.15, -0.1) is 11.3 Å². The monoisotopic (exact) mass is 386 g/mol. The van der Waals surface area contributed by atoms with E-state index in [0.717, 1.165) is 38.5 Å². The molecule has 1 heterocycles. The maximum absolute atomic E-state index is 11.3. The highest BCUT2D eigenvalue weighted by Crippen LogP contribution is 2.35. The maximum Gasteiger partial charge on any atom is 0.308 e. The van der Waals surface area contributed by atoms with Crippen LogP contribution in [0.3, 0.4) is 0 Å². The van der Waals surface area contributed by atoms with Gasteiger partial charge in [0.25, 0.3) is 0 Å². The first-order valence-corrected chi connectivity index (χ1v) is 9.35. The fourth-order valence-electron chi connectivity index (χ4n) is 2.66. The molecule has 0 fully saturated rings. The first-order chi connectivity index (χ1) is 12.3. The average molecular weight is 387 g/mol. The number of thiazole rings is 1. The normalized spacial score (nSPS) is 10.8. The number of nitrogens with zero attached hydrogens (tertiary/aromatic N) is 1. The minimum atomic E-state index is -0.870. The molecule has 0 unspecified atom stereocenters. The van der Waals surface area contributed by atoms with Gasteiger partial charge in [0.2, 0.25) is 0 Å². The molecule has 26 heavy (non-hydrogen) atoms. The van der Waals surface area contributed by atoms with Crippen molar-refractivity contribution >= 4 is 39.7 Å². The fourth-order valence-corrected chi connectivity index (χ4v) is 3.83. The zero-order chi connectivity index (χ0) is 18.8. The van der Waals surface area contributed by atoms with Crippen molar-refractivity contribution in [3.63, 3.8) is 0 Å². The van der Waals surface area contributed by atoms with E-state index in [1.54, 1.807) is 0 Å². The standard InChI is InChI=1S/C20H19ClN2O2S/c1-11-4-5-12(2)15(8-11)19-17(10-18(24)25)26-20(23-19)22-14-7-6-13(3)16(21)9-14/h4-9H,10H2,1-3H3,(H,22,23)(H,24,25). The Hall–Kier alpha value is -2.37. The highest BCUT2D eigenvalue weighted by molar-refractivity contribution is 7.16. The lowest BCUT2D eigenvalue weighted by Crippen LogP contribution is -2.00. The number of aryl methyl sites for hydroxylation is 3. The number of nitrogens with one attached hydrogen (secondary N) is 1. The average Bonchev–Trinajstić information content (AvgIpc) is 2.94. The fraction of sp³-hybridized carbons (Fsp3) is 0.200. The topological polar surface area (TPSA) is 62.2 Å². The minimum Gasteiger partial charge on any atom is -0.481 e. The molecule has 0 aliphatic rings. The highest BCUT2D eigenvalue weighted by Gasteiger charge is 2.17. The Balaban J connectivity index is 2.02. The molecule has 134 valence electrons. The molecule has 0 saturated heterocycles. The van der Waals surface area contributed by atoms with E-state index in [1.807, 2.05) is 57.2 Å². The van der Waals surface area contributed by atoms with Crippen molar-refractivity contribution in [1.29, 1.82) is 0 Å². The molecule has 3 rings (SSSR count). The number of halogens is 1. The van der Waals surface area contributed by atoms with Crippen LogP contribution in [-0.4, -0.2) is 16.1 Å². The number of hydrogen-bond donors (Lipinski definition) is 2. The van der Waals surface area contributed by atoms with Gasteiger partial charge in [0, 0.05) is 21.2 Å². The molecule has 0 radical (unpaired) electrons. The van der Waals surface area contributed by atoms with Gasteiger partial charge in [0.1, 0.15) is 0 Å². The van der Waals surface area contributed by atoms with Crippen LogP contribution in [-0.2, 0) is 11.2 Å². The Morgan fingerprint density at radius 3 is 2.58 bits per heavy atom. The Bertz CT molecular complexity index is 982. The highest BCUT2D eigenvalue weighted by atomic mass is 35.5. The molecule has 6 heteroatoms. The van der Waals surface area contributed by atoms with E-state index in [0.29, 0.717) is 10.2 Å². The van der Waals surface area contributed by atoms with Crippen LogP contribution in [0.2, 0.25) is 5.02 Å². The van der Waals surface area contributed by atoms with E-state index in [1.165, 1.54) is 11.3 Å². The molecule has 0 aliphatic heterocycles. The van der Waals surface area contributed by atoms with Crippen molar-refractivity contribution in [1.82, 2.24) is 4.98 Å². The summed E-state index contributed by atoms with van der Waals surface area (Å²) in [6.07, 6.45) is -0.0588. The van der Waals surface area contributed by atoms with Gasteiger partial charge >= 0.3 is 5.97 Å². The van der Waals surface area contributed by atoms with Gasteiger partial charge in [-0.2, -0.15) is 0 Å². The first kappa shape index (κ1) is 18.4. The second-order valence-electron chi connectivity index (χ2n) is 6.27. The predicted molar refractivity (Wildman–Crippen MR) is 108 cm³/mol. The van der Waals surface area contributed by atoms with Crippen molar-refractivity contribution in [2.24, 2.45) is 0 Å². The van der Waals surface area contributed by atoms with Gasteiger partial charge in [-0.3, -0.25) is 4.79 Å². The Morgan fingerprint density at radius 2 is 1.88 bits per heavy atom. The lowest BCUT2D eigenvalue weighted by Gasteiger charge is -2.06. The lowest BCUT2D eigenvalue weighted by atomic mass is 10.0. The number of carbonyl (C=O) groups is 1. The Kier molecular flexibility index (Phi) is 5.30. The molecule has 0 saturated carbocycles. The molecule has 4 nitrogen and oxygen atoms in total. The summed E-state index contributed by atoms with van der Waals surface area (Å²) < 4.78 is 0. The molecule has 0 aliphatic carbocycles. The van der Waals surface area contributed by atoms with Crippen molar-refractivity contribution in [3.8, 4) is 11.3 Å². The predicted octanol–water partition coefficient (Wildman–Crippen LogP) is 5.76. The number of carboxylic acids is 1. The number of carboxylic acid groups (broad SMARTS) is 1. The second-order valence-corrected chi connectivity index (χ2v) is 7.76. The van der Waals surface area contributed by atoms with Crippen LogP contribution in [0.1, 0.15) is 21.6 Å². The molecule has 2 aromatic carbocycles. The maximum atomic E-state index is 11.3. The first-order valence-electron chi connectivity index (χ1n) is 8.16. The van der Waals surface area contributed by atoms with E-state index in [-0.39, 0.29) is 6.42 Å². The molecule has 1 aromatic heterocycles.